The van der Waals surface area contributed by atoms with Crippen LogP contribution in [-0.4, -0.2) is 22.6 Å². The molecule has 1 atom stereocenters. The normalized spacial score (nSPS) is 12.5. The van der Waals surface area contributed by atoms with Crippen molar-refractivity contribution in [3.8, 4) is 0 Å². The molecule has 0 aliphatic carbocycles. The van der Waals surface area contributed by atoms with Crippen molar-refractivity contribution in [1.29, 1.82) is 0 Å². The van der Waals surface area contributed by atoms with Crippen molar-refractivity contribution in [3.63, 3.8) is 0 Å². The molecule has 0 spiro atoms. The smallest absolute Gasteiger partial charge is 0.217 e. The number of aliphatic hydroxyl groups excluding tert-OH is 1. The summed E-state index contributed by atoms with van der Waals surface area (Å²) in [5.41, 5.74) is 0.813. The second-order valence-corrected chi connectivity index (χ2v) is 2.56. The molecule has 66 valence electrons. The van der Waals surface area contributed by atoms with E-state index in [0.717, 1.165) is 5.69 Å². The molecule has 4 nitrogen and oxygen atoms in total. The van der Waals surface area contributed by atoms with Crippen molar-refractivity contribution in [2.75, 3.05) is 6.61 Å². The summed E-state index contributed by atoms with van der Waals surface area (Å²) in [6, 6.07) is 3.31. The second-order valence-electron chi connectivity index (χ2n) is 2.56. The van der Waals surface area contributed by atoms with E-state index in [0.29, 0.717) is 0 Å². The Morgan fingerprint density at radius 1 is 1.83 bits per heavy atom. The van der Waals surface area contributed by atoms with Crippen LogP contribution in [0, 0.1) is 0 Å². The Bertz CT molecular complexity index is 244. The molecule has 0 saturated carbocycles. The zero-order valence-electron chi connectivity index (χ0n) is 6.87. The van der Waals surface area contributed by atoms with Gasteiger partial charge in [-0.2, -0.15) is 0 Å². The van der Waals surface area contributed by atoms with Gasteiger partial charge < -0.3 is 15.4 Å². The Morgan fingerprint density at radius 3 is 3.00 bits per heavy atom. The summed E-state index contributed by atoms with van der Waals surface area (Å²) in [4.78, 5) is 13.6. The van der Waals surface area contributed by atoms with Crippen LogP contribution in [0.25, 0.3) is 0 Å². The van der Waals surface area contributed by atoms with Gasteiger partial charge in [0.1, 0.15) is 0 Å². The van der Waals surface area contributed by atoms with Crippen LogP contribution in [0.15, 0.2) is 18.3 Å². The Morgan fingerprint density at radius 2 is 2.58 bits per heavy atom. The fourth-order valence-electron chi connectivity index (χ4n) is 1.03. The number of amides is 1. The van der Waals surface area contributed by atoms with Gasteiger partial charge in [0.25, 0.3) is 0 Å². The number of aliphatic hydroxyl groups is 1. The lowest BCUT2D eigenvalue weighted by atomic mass is 10.2. The quantitative estimate of drug-likeness (QED) is 0.603. The van der Waals surface area contributed by atoms with Crippen molar-refractivity contribution in [2.24, 2.45) is 0 Å². The van der Waals surface area contributed by atoms with Crippen LogP contribution in [0.3, 0.4) is 0 Å². The number of carbonyl (C=O) groups excluding carboxylic acids is 1. The Hall–Kier alpha value is -1.29. The standard InChI is InChI=1S/C8H12N2O2/c1-6(12)10-8(5-11)7-3-2-4-9-7/h2-4,8-9,11H,5H2,1H3,(H,10,12). The summed E-state index contributed by atoms with van der Waals surface area (Å²) in [6.45, 7) is 1.33. The summed E-state index contributed by atoms with van der Waals surface area (Å²) >= 11 is 0. The molecule has 0 radical (unpaired) electrons. The number of nitrogens with one attached hydrogen (secondary N) is 2. The maximum atomic E-state index is 10.7. The van der Waals surface area contributed by atoms with Gasteiger partial charge in [0.2, 0.25) is 5.91 Å². The van der Waals surface area contributed by atoms with Gasteiger partial charge in [-0.25, -0.2) is 0 Å². The SMILES string of the molecule is CC(=O)NC(CO)c1ccc[nH]1. The molecular formula is C8H12N2O2. The van der Waals surface area contributed by atoms with E-state index >= 15 is 0 Å². The van der Waals surface area contributed by atoms with E-state index in [-0.39, 0.29) is 18.6 Å². The highest BCUT2D eigenvalue weighted by Gasteiger charge is 2.10. The number of carbonyl (C=O) groups is 1. The van der Waals surface area contributed by atoms with Crippen molar-refractivity contribution < 1.29 is 9.90 Å². The summed E-state index contributed by atoms with van der Waals surface area (Å²) in [7, 11) is 0. The second kappa shape index (κ2) is 3.92. The third kappa shape index (κ3) is 2.10. The van der Waals surface area contributed by atoms with Crippen molar-refractivity contribution in [3.05, 3.63) is 24.0 Å². The fraction of sp³-hybridized carbons (Fsp3) is 0.375. The van der Waals surface area contributed by atoms with E-state index in [2.05, 4.69) is 10.3 Å². The average Bonchev–Trinajstić information content (AvgIpc) is 2.51. The molecule has 12 heavy (non-hydrogen) atoms. The lowest BCUT2D eigenvalue weighted by Crippen LogP contribution is -2.28. The molecule has 0 aliphatic rings. The first-order valence-corrected chi connectivity index (χ1v) is 3.75. The molecule has 1 aromatic heterocycles. The fourth-order valence-corrected chi connectivity index (χ4v) is 1.03. The molecule has 0 fully saturated rings. The van der Waals surface area contributed by atoms with E-state index in [1.165, 1.54) is 6.92 Å². The van der Waals surface area contributed by atoms with E-state index in [1.807, 2.05) is 12.1 Å². The highest BCUT2D eigenvalue weighted by Crippen LogP contribution is 2.08. The van der Waals surface area contributed by atoms with E-state index in [9.17, 15) is 4.79 Å². The molecule has 3 N–H and O–H groups in total. The zero-order chi connectivity index (χ0) is 8.97. The predicted octanol–water partition coefficient (Wildman–Crippen LogP) is 0.184. The predicted molar refractivity (Wildman–Crippen MR) is 44.4 cm³/mol. The number of aromatic nitrogens is 1. The van der Waals surface area contributed by atoms with Crippen molar-refractivity contribution in [2.45, 2.75) is 13.0 Å². The van der Waals surface area contributed by atoms with Crippen molar-refractivity contribution in [1.82, 2.24) is 10.3 Å². The van der Waals surface area contributed by atoms with Gasteiger partial charge >= 0.3 is 0 Å². The maximum absolute atomic E-state index is 10.7. The molecule has 0 aromatic carbocycles. The molecule has 0 aliphatic heterocycles. The minimum absolute atomic E-state index is 0.0971. The van der Waals surface area contributed by atoms with Crippen LogP contribution in [0.1, 0.15) is 18.7 Å². The number of rotatable bonds is 3. The first-order chi connectivity index (χ1) is 5.74. The summed E-state index contributed by atoms with van der Waals surface area (Å²) in [5, 5.41) is 11.5. The summed E-state index contributed by atoms with van der Waals surface area (Å²) in [5.74, 6) is -0.149. The van der Waals surface area contributed by atoms with Gasteiger partial charge in [0.15, 0.2) is 0 Å². The molecule has 1 rings (SSSR count). The highest BCUT2D eigenvalue weighted by molar-refractivity contribution is 5.73. The number of aromatic amines is 1. The maximum Gasteiger partial charge on any atom is 0.217 e. The van der Waals surface area contributed by atoms with Gasteiger partial charge in [0, 0.05) is 18.8 Å². The average molecular weight is 168 g/mol. The zero-order valence-corrected chi connectivity index (χ0v) is 6.87. The molecule has 0 saturated heterocycles. The third-order valence-corrected chi connectivity index (χ3v) is 1.56. The number of hydrogen-bond acceptors (Lipinski definition) is 2. The van der Waals surface area contributed by atoms with E-state index < -0.39 is 0 Å². The van der Waals surface area contributed by atoms with Gasteiger partial charge in [-0.3, -0.25) is 4.79 Å². The van der Waals surface area contributed by atoms with Crippen LogP contribution in [-0.2, 0) is 4.79 Å². The largest absolute Gasteiger partial charge is 0.394 e. The summed E-state index contributed by atoms with van der Waals surface area (Å²) in [6.07, 6.45) is 1.75. The molecule has 1 unspecified atom stereocenters. The minimum atomic E-state index is -0.322. The molecule has 1 aromatic rings. The third-order valence-electron chi connectivity index (χ3n) is 1.56. The van der Waals surface area contributed by atoms with Crippen LogP contribution in [0.2, 0.25) is 0 Å². The molecule has 1 heterocycles. The Labute approximate surface area is 70.6 Å². The topological polar surface area (TPSA) is 65.1 Å². The van der Waals surface area contributed by atoms with Crippen molar-refractivity contribution >= 4 is 5.91 Å². The lowest BCUT2D eigenvalue weighted by molar-refractivity contribution is -0.120. The highest BCUT2D eigenvalue weighted by atomic mass is 16.3. The van der Waals surface area contributed by atoms with Gasteiger partial charge in [-0.15, -0.1) is 0 Å². The number of H-pyrrole nitrogens is 1. The van der Waals surface area contributed by atoms with E-state index in [1.54, 1.807) is 6.20 Å². The Kier molecular flexibility index (Phi) is 2.88. The number of hydrogen-bond donors (Lipinski definition) is 3. The first-order valence-electron chi connectivity index (χ1n) is 3.75. The van der Waals surface area contributed by atoms with Crippen LogP contribution >= 0.6 is 0 Å². The lowest BCUT2D eigenvalue weighted by Gasteiger charge is -2.12. The molecule has 1 amide bonds. The van der Waals surface area contributed by atoms with Crippen LogP contribution in [0.5, 0.6) is 0 Å². The van der Waals surface area contributed by atoms with Gasteiger partial charge in [-0.1, -0.05) is 0 Å². The monoisotopic (exact) mass is 168 g/mol. The first kappa shape index (κ1) is 8.80. The molecular weight excluding hydrogens is 156 g/mol. The summed E-state index contributed by atoms with van der Waals surface area (Å²) < 4.78 is 0. The van der Waals surface area contributed by atoms with Gasteiger partial charge in [-0.05, 0) is 12.1 Å². The molecule has 0 bridgehead atoms. The molecule has 4 heteroatoms. The Balaban J connectivity index is 2.63. The van der Waals surface area contributed by atoms with Crippen LogP contribution < -0.4 is 5.32 Å². The minimum Gasteiger partial charge on any atom is -0.394 e. The van der Waals surface area contributed by atoms with Crippen LogP contribution in [0.4, 0.5) is 0 Å². The van der Waals surface area contributed by atoms with Gasteiger partial charge in [0.05, 0.1) is 12.6 Å². The van der Waals surface area contributed by atoms with E-state index in [4.69, 9.17) is 5.11 Å².